The number of fused-ring (bicyclic) bond motifs is 1. The van der Waals surface area contributed by atoms with Gasteiger partial charge in [0.1, 0.15) is 5.82 Å². The van der Waals surface area contributed by atoms with Crippen LogP contribution in [0.2, 0.25) is 0 Å². The third kappa shape index (κ3) is 9.44. The van der Waals surface area contributed by atoms with E-state index >= 15 is 0 Å². The van der Waals surface area contributed by atoms with E-state index in [4.69, 9.17) is 0 Å². The number of unbranched alkanes of at least 4 members (excludes halogenated alkanes) is 1. The van der Waals surface area contributed by atoms with Gasteiger partial charge in [0.2, 0.25) is 0 Å². The summed E-state index contributed by atoms with van der Waals surface area (Å²) in [7, 11) is 1.34. The van der Waals surface area contributed by atoms with Crippen molar-refractivity contribution in [3.05, 3.63) is 23.4 Å². The maximum absolute atomic E-state index is 12.7. The van der Waals surface area contributed by atoms with E-state index in [-0.39, 0.29) is 18.9 Å². The van der Waals surface area contributed by atoms with Gasteiger partial charge in [-0.25, -0.2) is 13.8 Å². The predicted octanol–water partition coefficient (Wildman–Crippen LogP) is 4.31. The van der Waals surface area contributed by atoms with Gasteiger partial charge in [-0.2, -0.15) is 0 Å². The van der Waals surface area contributed by atoms with Crippen molar-refractivity contribution in [3.63, 3.8) is 0 Å². The Morgan fingerprint density at radius 1 is 1.25 bits per heavy atom. The molecule has 1 aliphatic heterocycles. The van der Waals surface area contributed by atoms with Crippen LogP contribution in [-0.4, -0.2) is 55.6 Å². The summed E-state index contributed by atoms with van der Waals surface area (Å²) in [6.45, 7) is 5.81. The normalized spacial score (nSPS) is 12.8. The molecule has 160 valence electrons. The Balaban J connectivity index is 0.00000190. The average molecular weight is 400 g/mol. The highest BCUT2D eigenvalue weighted by Gasteiger charge is 2.13. The molecule has 0 amide bonds. The molecule has 0 saturated carbocycles. The van der Waals surface area contributed by atoms with Gasteiger partial charge < -0.3 is 10.1 Å². The molecule has 28 heavy (non-hydrogen) atoms. The van der Waals surface area contributed by atoms with Gasteiger partial charge in [-0.3, -0.25) is 9.69 Å². The maximum atomic E-state index is 12.7. The number of alkyl halides is 2. The monoisotopic (exact) mass is 399 g/mol. The molecule has 5 nitrogen and oxygen atoms in total. The molecule has 7 heteroatoms. The van der Waals surface area contributed by atoms with Gasteiger partial charge in [0.05, 0.1) is 13.7 Å². The molecular weight excluding hydrogens is 364 g/mol. The Kier molecular flexibility index (Phi) is 12.4. The fourth-order valence-electron chi connectivity index (χ4n) is 3.19. The molecule has 0 bridgehead atoms. The van der Waals surface area contributed by atoms with Crippen molar-refractivity contribution >= 4 is 11.8 Å². The Bertz CT molecular complexity index is 571. The van der Waals surface area contributed by atoms with Gasteiger partial charge in [0.15, 0.2) is 0 Å². The van der Waals surface area contributed by atoms with Gasteiger partial charge in [-0.05, 0) is 63.2 Å². The van der Waals surface area contributed by atoms with E-state index in [2.05, 4.69) is 27.2 Å². The molecule has 0 unspecified atom stereocenters. The van der Waals surface area contributed by atoms with Crippen LogP contribution in [0.15, 0.2) is 12.1 Å². The summed E-state index contributed by atoms with van der Waals surface area (Å²) in [5.41, 5.74) is 2.32. The molecule has 1 aromatic rings. The first-order chi connectivity index (χ1) is 13.6. The fourth-order valence-corrected chi connectivity index (χ4v) is 3.19. The zero-order chi connectivity index (χ0) is 20.8. The van der Waals surface area contributed by atoms with Crippen molar-refractivity contribution in [1.29, 1.82) is 0 Å². The van der Waals surface area contributed by atoms with Gasteiger partial charge in [-0.1, -0.05) is 19.9 Å². The van der Waals surface area contributed by atoms with Crippen LogP contribution >= 0.6 is 0 Å². The summed E-state index contributed by atoms with van der Waals surface area (Å²) in [5.74, 6) is 0.699. The summed E-state index contributed by atoms with van der Waals surface area (Å²) in [6.07, 6.45) is 3.24. The number of anilines is 1. The Labute approximate surface area is 167 Å². The number of ether oxygens (including phenoxy) is 1. The summed E-state index contributed by atoms with van der Waals surface area (Å²) in [6, 6.07) is 4.21. The molecule has 0 saturated heterocycles. The number of methoxy groups -OCH3 is 1. The molecule has 0 aromatic carbocycles. The third-order valence-corrected chi connectivity index (χ3v) is 4.59. The highest BCUT2D eigenvalue weighted by molar-refractivity contribution is 5.69. The topological polar surface area (TPSA) is 54.5 Å². The lowest BCUT2D eigenvalue weighted by Gasteiger charge is -2.21. The number of hydrogen-bond acceptors (Lipinski definition) is 5. The number of pyridine rings is 1. The van der Waals surface area contributed by atoms with Crippen molar-refractivity contribution in [2.45, 2.75) is 65.2 Å². The number of nitrogens with zero attached hydrogens (tertiary/aromatic N) is 2. The molecule has 0 atom stereocenters. The number of rotatable bonds is 11. The van der Waals surface area contributed by atoms with Crippen LogP contribution in [0.4, 0.5) is 14.6 Å². The minimum Gasteiger partial charge on any atom is -0.469 e. The van der Waals surface area contributed by atoms with E-state index in [0.29, 0.717) is 19.5 Å². The van der Waals surface area contributed by atoms with Crippen molar-refractivity contribution < 1.29 is 18.3 Å². The second kappa shape index (κ2) is 14.3. The van der Waals surface area contributed by atoms with Gasteiger partial charge in [0.25, 0.3) is 6.43 Å². The summed E-state index contributed by atoms with van der Waals surface area (Å²) < 4.78 is 30.0. The molecule has 1 aromatic heterocycles. The number of hydrogen-bond donors (Lipinski definition) is 1. The number of aryl methyl sites for hydroxylation is 2. The van der Waals surface area contributed by atoms with Crippen molar-refractivity contribution in [2.75, 3.05) is 38.6 Å². The first kappa shape index (κ1) is 24.3. The maximum Gasteiger partial charge on any atom is 0.305 e. The smallest absolute Gasteiger partial charge is 0.305 e. The summed E-state index contributed by atoms with van der Waals surface area (Å²) in [5, 5.41) is 3.33. The molecule has 0 aliphatic carbocycles. The first-order valence-electron chi connectivity index (χ1n) is 10.4. The molecule has 0 radical (unpaired) electrons. The van der Waals surface area contributed by atoms with Crippen LogP contribution in [0.25, 0.3) is 0 Å². The number of nitrogens with one attached hydrogen (secondary N) is 1. The predicted molar refractivity (Wildman–Crippen MR) is 109 cm³/mol. The lowest BCUT2D eigenvalue weighted by Crippen LogP contribution is -2.31. The standard InChI is InChI=1S/C19H29F2N3O2.C2H6/c1-26-18(25)8-5-13-24(14-17(20)21)12-3-2-7-16-10-9-15-6-4-11-22-19(15)23-16;1-2/h9-10,17H,2-8,11-14H2,1H3,(H,22,23);1-2H3. The number of carbonyl (C=O) groups is 1. The van der Waals surface area contributed by atoms with E-state index in [1.54, 1.807) is 4.90 Å². The zero-order valence-corrected chi connectivity index (χ0v) is 17.5. The number of carbonyl (C=O) groups excluding carboxylic acids is 1. The Hall–Kier alpha value is -1.76. The van der Waals surface area contributed by atoms with Crippen LogP contribution < -0.4 is 5.32 Å². The highest BCUT2D eigenvalue weighted by Crippen LogP contribution is 2.20. The fraction of sp³-hybridized carbons (Fsp3) is 0.714. The SMILES string of the molecule is CC.COC(=O)CCCN(CCCCc1ccc2c(n1)NCCC2)CC(F)F. The van der Waals surface area contributed by atoms with E-state index in [1.807, 2.05) is 13.8 Å². The first-order valence-corrected chi connectivity index (χ1v) is 10.4. The van der Waals surface area contributed by atoms with E-state index in [1.165, 1.54) is 12.7 Å². The minimum absolute atomic E-state index is 0.248. The number of esters is 1. The summed E-state index contributed by atoms with van der Waals surface area (Å²) in [4.78, 5) is 17.5. The van der Waals surface area contributed by atoms with Gasteiger partial charge in [0, 0.05) is 18.7 Å². The quantitative estimate of drug-likeness (QED) is 0.444. The molecular formula is C21H35F2N3O2. The zero-order valence-electron chi connectivity index (χ0n) is 17.5. The molecule has 2 heterocycles. The molecule has 0 spiro atoms. The number of halogens is 2. The number of aromatic nitrogens is 1. The molecule has 1 N–H and O–H groups in total. The Morgan fingerprint density at radius 3 is 2.71 bits per heavy atom. The van der Waals surface area contributed by atoms with E-state index < -0.39 is 6.43 Å². The minimum atomic E-state index is -2.36. The van der Waals surface area contributed by atoms with Crippen LogP contribution in [0.1, 0.15) is 57.2 Å². The largest absolute Gasteiger partial charge is 0.469 e. The lowest BCUT2D eigenvalue weighted by atomic mass is 10.1. The van der Waals surface area contributed by atoms with E-state index in [0.717, 1.165) is 50.2 Å². The van der Waals surface area contributed by atoms with Crippen LogP contribution in [-0.2, 0) is 22.4 Å². The second-order valence-corrected chi connectivity index (χ2v) is 6.67. The Morgan fingerprint density at radius 2 is 2.00 bits per heavy atom. The summed E-state index contributed by atoms with van der Waals surface area (Å²) >= 11 is 0. The average Bonchev–Trinajstić information content (AvgIpc) is 2.71. The molecule has 2 rings (SSSR count). The van der Waals surface area contributed by atoms with Crippen molar-refractivity contribution in [3.8, 4) is 0 Å². The van der Waals surface area contributed by atoms with Crippen LogP contribution in [0.3, 0.4) is 0 Å². The molecule has 0 fully saturated rings. The van der Waals surface area contributed by atoms with Crippen molar-refractivity contribution in [2.24, 2.45) is 0 Å². The van der Waals surface area contributed by atoms with Gasteiger partial charge in [-0.15, -0.1) is 0 Å². The third-order valence-electron chi connectivity index (χ3n) is 4.59. The highest BCUT2D eigenvalue weighted by atomic mass is 19.3. The van der Waals surface area contributed by atoms with E-state index in [9.17, 15) is 13.6 Å². The molecule has 1 aliphatic rings. The van der Waals surface area contributed by atoms with Crippen LogP contribution in [0, 0.1) is 0 Å². The van der Waals surface area contributed by atoms with Gasteiger partial charge >= 0.3 is 5.97 Å². The van der Waals surface area contributed by atoms with Crippen LogP contribution in [0.5, 0.6) is 0 Å². The van der Waals surface area contributed by atoms with Crippen molar-refractivity contribution in [1.82, 2.24) is 9.88 Å². The lowest BCUT2D eigenvalue weighted by molar-refractivity contribution is -0.140. The second-order valence-electron chi connectivity index (χ2n) is 6.67.